The first-order valence-electron chi connectivity index (χ1n) is 7.70. The Hall–Kier alpha value is -2.15. The molecule has 2 heterocycles. The monoisotopic (exact) mass is 319 g/mol. The molecular formula is C16H25N5O2. The molecular weight excluding hydrogens is 294 g/mol. The number of imidazole rings is 1. The largest absolute Gasteiger partial charge is 0.383 e. The fourth-order valence-corrected chi connectivity index (χ4v) is 2.60. The van der Waals surface area contributed by atoms with Crippen molar-refractivity contribution in [3.05, 3.63) is 35.7 Å². The van der Waals surface area contributed by atoms with E-state index in [2.05, 4.69) is 10.1 Å². The summed E-state index contributed by atoms with van der Waals surface area (Å²) in [5.41, 5.74) is 3.12. The lowest BCUT2D eigenvalue weighted by molar-refractivity contribution is -0.135. The minimum Gasteiger partial charge on any atom is -0.383 e. The Morgan fingerprint density at radius 2 is 2.17 bits per heavy atom. The van der Waals surface area contributed by atoms with Crippen molar-refractivity contribution < 1.29 is 9.53 Å². The Morgan fingerprint density at radius 1 is 1.43 bits per heavy atom. The highest BCUT2D eigenvalue weighted by molar-refractivity contribution is 5.80. The smallest absolute Gasteiger partial charge is 0.245 e. The van der Waals surface area contributed by atoms with Gasteiger partial charge in [0.25, 0.3) is 0 Å². The summed E-state index contributed by atoms with van der Waals surface area (Å²) in [6.07, 6.45) is 5.15. The molecule has 0 bridgehead atoms. The average molecular weight is 319 g/mol. The van der Waals surface area contributed by atoms with Crippen molar-refractivity contribution in [2.24, 2.45) is 7.05 Å². The normalized spacial score (nSPS) is 12.4. The lowest BCUT2D eigenvalue weighted by Crippen LogP contribution is -2.38. The van der Waals surface area contributed by atoms with Gasteiger partial charge in [-0.2, -0.15) is 5.10 Å². The number of aromatic nitrogens is 4. The molecule has 126 valence electrons. The minimum absolute atomic E-state index is 0.0442. The first-order chi connectivity index (χ1) is 11.0. The van der Waals surface area contributed by atoms with Gasteiger partial charge in [0, 0.05) is 50.9 Å². The number of rotatable bonds is 7. The van der Waals surface area contributed by atoms with E-state index in [1.54, 1.807) is 25.8 Å². The third-order valence-electron chi connectivity index (χ3n) is 4.21. The number of carbonyl (C=O) groups is 1. The van der Waals surface area contributed by atoms with Crippen LogP contribution in [0.4, 0.5) is 0 Å². The Balaban J connectivity index is 2.20. The van der Waals surface area contributed by atoms with Crippen LogP contribution < -0.4 is 0 Å². The standard InChI is InChI=1S/C16H25N5O2/c1-12-15(13(2)19(4)18-12)10-20(8-9-23-5)16(22)14(3)21-7-6-17-11-21/h6-7,11,14H,8-10H2,1-5H3. The zero-order valence-corrected chi connectivity index (χ0v) is 14.5. The van der Waals surface area contributed by atoms with E-state index in [9.17, 15) is 4.79 Å². The third-order valence-corrected chi connectivity index (χ3v) is 4.21. The van der Waals surface area contributed by atoms with Crippen molar-refractivity contribution in [2.45, 2.75) is 33.4 Å². The molecule has 0 radical (unpaired) electrons. The van der Waals surface area contributed by atoms with Gasteiger partial charge in [-0.1, -0.05) is 0 Å². The number of amides is 1. The Kier molecular flexibility index (Phi) is 5.54. The van der Waals surface area contributed by atoms with E-state index in [1.165, 1.54) is 0 Å². The summed E-state index contributed by atoms with van der Waals surface area (Å²) in [5.74, 6) is 0.0442. The highest BCUT2D eigenvalue weighted by Crippen LogP contribution is 2.18. The van der Waals surface area contributed by atoms with Crippen LogP contribution in [0.15, 0.2) is 18.7 Å². The molecule has 0 saturated heterocycles. The topological polar surface area (TPSA) is 65.2 Å². The summed E-state index contributed by atoms with van der Waals surface area (Å²) >= 11 is 0. The maximum Gasteiger partial charge on any atom is 0.245 e. The lowest BCUT2D eigenvalue weighted by atomic mass is 10.1. The van der Waals surface area contributed by atoms with Gasteiger partial charge in [0.15, 0.2) is 0 Å². The van der Waals surface area contributed by atoms with Crippen molar-refractivity contribution in [1.29, 1.82) is 0 Å². The molecule has 0 aliphatic rings. The van der Waals surface area contributed by atoms with Crippen LogP contribution in [0, 0.1) is 13.8 Å². The van der Waals surface area contributed by atoms with E-state index < -0.39 is 0 Å². The number of methoxy groups -OCH3 is 1. The number of hydrogen-bond donors (Lipinski definition) is 0. The number of nitrogens with zero attached hydrogens (tertiary/aromatic N) is 5. The molecule has 7 nitrogen and oxygen atoms in total. The predicted octanol–water partition coefficient (Wildman–Crippen LogP) is 1.47. The molecule has 1 unspecified atom stereocenters. The van der Waals surface area contributed by atoms with Gasteiger partial charge in [-0.05, 0) is 20.8 Å². The number of carbonyl (C=O) groups excluding carboxylic acids is 1. The Labute approximate surface area is 136 Å². The zero-order chi connectivity index (χ0) is 17.0. The quantitative estimate of drug-likeness (QED) is 0.775. The molecule has 0 aromatic carbocycles. The van der Waals surface area contributed by atoms with Crippen LogP contribution >= 0.6 is 0 Å². The molecule has 2 aromatic rings. The summed E-state index contributed by atoms with van der Waals surface area (Å²) in [6, 6.07) is -0.299. The number of hydrogen-bond acceptors (Lipinski definition) is 4. The molecule has 23 heavy (non-hydrogen) atoms. The molecule has 0 aliphatic heterocycles. The summed E-state index contributed by atoms with van der Waals surface area (Å²) < 4.78 is 8.82. The van der Waals surface area contributed by atoms with E-state index in [0.29, 0.717) is 19.7 Å². The third kappa shape index (κ3) is 3.79. The molecule has 1 amide bonds. The van der Waals surface area contributed by atoms with Crippen LogP contribution in [0.5, 0.6) is 0 Å². The summed E-state index contributed by atoms with van der Waals surface area (Å²) in [4.78, 5) is 18.7. The molecule has 7 heteroatoms. The van der Waals surface area contributed by atoms with Gasteiger partial charge in [0.05, 0.1) is 18.6 Å². The van der Waals surface area contributed by atoms with Gasteiger partial charge in [-0.15, -0.1) is 0 Å². The van der Waals surface area contributed by atoms with Crippen LogP contribution in [0.3, 0.4) is 0 Å². The maximum atomic E-state index is 12.9. The van der Waals surface area contributed by atoms with Gasteiger partial charge in [-0.25, -0.2) is 4.98 Å². The van der Waals surface area contributed by atoms with Crippen LogP contribution in [0.25, 0.3) is 0 Å². The average Bonchev–Trinajstić information content (AvgIpc) is 3.14. The SMILES string of the molecule is COCCN(Cc1c(C)nn(C)c1C)C(=O)C(C)n1ccnc1. The fourth-order valence-electron chi connectivity index (χ4n) is 2.60. The molecule has 2 rings (SSSR count). The minimum atomic E-state index is -0.299. The second kappa shape index (κ2) is 7.41. The Morgan fingerprint density at radius 3 is 2.70 bits per heavy atom. The van der Waals surface area contributed by atoms with Gasteiger partial charge < -0.3 is 14.2 Å². The predicted molar refractivity (Wildman–Crippen MR) is 86.9 cm³/mol. The first kappa shape index (κ1) is 17.2. The van der Waals surface area contributed by atoms with E-state index in [4.69, 9.17) is 4.74 Å². The lowest BCUT2D eigenvalue weighted by Gasteiger charge is -2.26. The van der Waals surface area contributed by atoms with Crippen molar-refractivity contribution in [1.82, 2.24) is 24.2 Å². The van der Waals surface area contributed by atoms with Crippen molar-refractivity contribution in [3.63, 3.8) is 0 Å². The van der Waals surface area contributed by atoms with Gasteiger partial charge in [0.1, 0.15) is 6.04 Å². The van der Waals surface area contributed by atoms with E-state index in [1.807, 2.05) is 42.0 Å². The highest BCUT2D eigenvalue weighted by Gasteiger charge is 2.23. The summed E-state index contributed by atoms with van der Waals surface area (Å²) in [5, 5.41) is 4.43. The number of ether oxygens (including phenoxy) is 1. The van der Waals surface area contributed by atoms with Crippen LogP contribution in [0.1, 0.15) is 29.9 Å². The van der Waals surface area contributed by atoms with Crippen LogP contribution in [-0.4, -0.2) is 50.4 Å². The van der Waals surface area contributed by atoms with E-state index >= 15 is 0 Å². The summed E-state index contributed by atoms with van der Waals surface area (Å²) in [7, 11) is 3.56. The van der Waals surface area contributed by atoms with E-state index in [0.717, 1.165) is 17.0 Å². The van der Waals surface area contributed by atoms with E-state index in [-0.39, 0.29) is 11.9 Å². The van der Waals surface area contributed by atoms with Gasteiger partial charge in [-0.3, -0.25) is 9.48 Å². The molecule has 0 N–H and O–H groups in total. The number of aryl methyl sites for hydroxylation is 2. The molecule has 2 aromatic heterocycles. The maximum absolute atomic E-state index is 12.9. The van der Waals surface area contributed by atoms with Crippen LogP contribution in [0.2, 0.25) is 0 Å². The highest BCUT2D eigenvalue weighted by atomic mass is 16.5. The zero-order valence-electron chi connectivity index (χ0n) is 14.5. The fraction of sp³-hybridized carbons (Fsp3) is 0.562. The molecule has 0 spiro atoms. The second-order valence-corrected chi connectivity index (χ2v) is 5.71. The molecule has 0 aliphatic carbocycles. The van der Waals surface area contributed by atoms with Crippen molar-refractivity contribution in [2.75, 3.05) is 20.3 Å². The van der Waals surface area contributed by atoms with Crippen LogP contribution in [-0.2, 0) is 23.1 Å². The molecule has 0 saturated carbocycles. The first-order valence-corrected chi connectivity index (χ1v) is 7.70. The van der Waals surface area contributed by atoms with Crippen molar-refractivity contribution in [3.8, 4) is 0 Å². The second-order valence-electron chi connectivity index (χ2n) is 5.71. The summed E-state index contributed by atoms with van der Waals surface area (Å²) in [6.45, 7) is 7.45. The molecule has 0 fully saturated rings. The van der Waals surface area contributed by atoms with Gasteiger partial charge in [0.2, 0.25) is 5.91 Å². The van der Waals surface area contributed by atoms with Gasteiger partial charge >= 0.3 is 0 Å². The molecule has 1 atom stereocenters. The Bertz CT molecular complexity index is 648. The van der Waals surface area contributed by atoms with Crippen molar-refractivity contribution >= 4 is 5.91 Å².